The van der Waals surface area contributed by atoms with E-state index in [9.17, 15) is 0 Å². The lowest BCUT2D eigenvalue weighted by molar-refractivity contribution is 0.941. The molecule has 1 aromatic heterocycles. The van der Waals surface area contributed by atoms with Gasteiger partial charge in [0.05, 0.1) is 0 Å². The second kappa shape index (κ2) is 5.50. The largest absolute Gasteiger partial charge is 0.262 e. The smallest absolute Gasteiger partial charge is 0.208 e. The van der Waals surface area contributed by atoms with Crippen molar-refractivity contribution in [2.24, 2.45) is 0 Å². The van der Waals surface area contributed by atoms with E-state index in [-0.39, 0.29) is 0 Å². The van der Waals surface area contributed by atoms with Gasteiger partial charge in [-0.2, -0.15) is 0 Å². The molecule has 2 aromatic rings. The Morgan fingerprint density at radius 2 is 2.31 bits per heavy atom. The molecule has 1 aromatic carbocycles. The molecule has 0 fully saturated rings. The number of halogens is 1. The number of benzene rings is 1. The summed E-state index contributed by atoms with van der Waals surface area (Å²) in [5.74, 6) is 1.83. The van der Waals surface area contributed by atoms with Crippen LogP contribution in [0.2, 0.25) is 0 Å². The highest BCUT2D eigenvalue weighted by Gasteiger charge is 2.02. The van der Waals surface area contributed by atoms with E-state index in [4.69, 9.17) is 0 Å². The lowest BCUT2D eigenvalue weighted by atomic mass is 10.2. The molecule has 0 aliphatic carbocycles. The minimum atomic E-state index is 0.817. The molecule has 5 heteroatoms. The number of hydrogen-bond acceptors (Lipinski definition) is 3. The molecule has 0 saturated heterocycles. The van der Waals surface area contributed by atoms with Crippen LogP contribution in [-0.4, -0.2) is 15.2 Å². The molecule has 2 rings (SSSR count). The highest BCUT2D eigenvalue weighted by atomic mass is 79.9. The maximum atomic E-state index is 4.35. The number of aryl methyl sites for hydroxylation is 1. The monoisotopic (exact) mass is 297 g/mol. The predicted octanol–water partition coefficient (Wildman–Crippen LogP) is 3.42. The Kier molecular flexibility index (Phi) is 4.01. The molecule has 0 atom stereocenters. The summed E-state index contributed by atoms with van der Waals surface area (Å²) in [7, 11) is 0. The number of hydrogen-bond donors (Lipinski definition) is 1. The van der Waals surface area contributed by atoms with Gasteiger partial charge in [-0.25, -0.2) is 4.98 Å². The molecule has 1 heterocycles. The third-order valence-electron chi connectivity index (χ3n) is 2.10. The van der Waals surface area contributed by atoms with Crippen LogP contribution in [-0.2, 0) is 12.2 Å². The van der Waals surface area contributed by atoms with Crippen molar-refractivity contribution in [3.63, 3.8) is 0 Å². The number of H-pyrrole nitrogens is 1. The first kappa shape index (κ1) is 11.7. The highest BCUT2D eigenvalue weighted by molar-refractivity contribution is 9.10. The van der Waals surface area contributed by atoms with Gasteiger partial charge in [-0.15, -0.1) is 5.10 Å². The molecule has 0 saturated carbocycles. The predicted molar refractivity (Wildman–Crippen MR) is 69.5 cm³/mol. The summed E-state index contributed by atoms with van der Waals surface area (Å²) in [5.41, 5.74) is 1.27. The van der Waals surface area contributed by atoms with Crippen LogP contribution in [0.4, 0.5) is 0 Å². The van der Waals surface area contributed by atoms with Gasteiger partial charge in [0.2, 0.25) is 5.16 Å². The molecule has 0 unspecified atom stereocenters. The van der Waals surface area contributed by atoms with Gasteiger partial charge in [-0.1, -0.05) is 46.7 Å². The average Bonchev–Trinajstić information content (AvgIpc) is 2.74. The number of aromatic nitrogens is 3. The number of rotatable bonds is 4. The normalized spacial score (nSPS) is 10.6. The van der Waals surface area contributed by atoms with Crippen LogP contribution in [0.1, 0.15) is 18.3 Å². The van der Waals surface area contributed by atoms with Crippen LogP contribution in [0.25, 0.3) is 0 Å². The Hall–Kier alpha value is -0.810. The highest BCUT2D eigenvalue weighted by Crippen LogP contribution is 2.21. The second-order valence-electron chi connectivity index (χ2n) is 3.34. The Balaban J connectivity index is 1.96. The van der Waals surface area contributed by atoms with Crippen molar-refractivity contribution in [2.75, 3.05) is 0 Å². The third-order valence-corrected chi connectivity index (χ3v) is 3.51. The summed E-state index contributed by atoms with van der Waals surface area (Å²) < 4.78 is 1.11. The molecule has 0 spiro atoms. The molecular formula is C11H12BrN3S. The first-order valence-electron chi connectivity index (χ1n) is 5.06. The SMILES string of the molecule is CCc1nc(SCc2cccc(Br)c2)n[nH]1. The van der Waals surface area contributed by atoms with Crippen LogP contribution >= 0.6 is 27.7 Å². The second-order valence-corrected chi connectivity index (χ2v) is 5.20. The molecule has 0 radical (unpaired) electrons. The van der Waals surface area contributed by atoms with Crippen LogP contribution in [0, 0.1) is 0 Å². The van der Waals surface area contributed by atoms with E-state index >= 15 is 0 Å². The Morgan fingerprint density at radius 3 is 3.00 bits per heavy atom. The molecular weight excluding hydrogens is 286 g/mol. The van der Waals surface area contributed by atoms with Gasteiger partial charge in [0.25, 0.3) is 0 Å². The molecule has 0 aliphatic heterocycles. The number of nitrogens with zero attached hydrogens (tertiary/aromatic N) is 2. The van der Waals surface area contributed by atoms with Gasteiger partial charge in [0.15, 0.2) is 0 Å². The first-order valence-corrected chi connectivity index (χ1v) is 6.84. The van der Waals surface area contributed by atoms with E-state index in [1.165, 1.54) is 5.56 Å². The molecule has 16 heavy (non-hydrogen) atoms. The van der Waals surface area contributed by atoms with Crippen molar-refractivity contribution in [3.05, 3.63) is 40.1 Å². The van der Waals surface area contributed by atoms with E-state index in [1.807, 2.05) is 12.1 Å². The van der Waals surface area contributed by atoms with Gasteiger partial charge in [-0.05, 0) is 17.7 Å². The van der Waals surface area contributed by atoms with E-state index in [0.717, 1.165) is 27.6 Å². The van der Waals surface area contributed by atoms with Gasteiger partial charge in [0.1, 0.15) is 5.82 Å². The number of aromatic amines is 1. The number of thioether (sulfide) groups is 1. The molecule has 0 aliphatic rings. The van der Waals surface area contributed by atoms with E-state index in [1.54, 1.807) is 11.8 Å². The van der Waals surface area contributed by atoms with Crippen LogP contribution < -0.4 is 0 Å². The fraction of sp³-hybridized carbons (Fsp3) is 0.273. The summed E-state index contributed by atoms with van der Waals surface area (Å²) in [6, 6.07) is 8.27. The minimum absolute atomic E-state index is 0.817. The van der Waals surface area contributed by atoms with E-state index in [2.05, 4.69) is 50.2 Å². The van der Waals surface area contributed by atoms with Gasteiger partial charge in [0, 0.05) is 16.6 Å². The maximum absolute atomic E-state index is 4.35. The lowest BCUT2D eigenvalue weighted by Crippen LogP contribution is -1.83. The Morgan fingerprint density at radius 1 is 1.44 bits per heavy atom. The zero-order valence-electron chi connectivity index (χ0n) is 8.90. The Bertz CT molecular complexity index is 470. The third kappa shape index (κ3) is 3.09. The topological polar surface area (TPSA) is 41.6 Å². The average molecular weight is 298 g/mol. The molecule has 0 bridgehead atoms. The molecule has 1 N–H and O–H groups in total. The van der Waals surface area contributed by atoms with Crippen molar-refractivity contribution in [1.82, 2.24) is 15.2 Å². The fourth-order valence-corrected chi connectivity index (χ4v) is 2.48. The van der Waals surface area contributed by atoms with Gasteiger partial charge >= 0.3 is 0 Å². The Labute approximate surface area is 107 Å². The van der Waals surface area contributed by atoms with Crippen molar-refractivity contribution in [1.29, 1.82) is 0 Å². The van der Waals surface area contributed by atoms with Crippen molar-refractivity contribution >= 4 is 27.7 Å². The van der Waals surface area contributed by atoms with Crippen LogP contribution in [0.3, 0.4) is 0 Å². The summed E-state index contributed by atoms with van der Waals surface area (Å²) in [4.78, 5) is 4.35. The fourth-order valence-electron chi connectivity index (χ4n) is 1.28. The van der Waals surface area contributed by atoms with Gasteiger partial charge in [-0.3, -0.25) is 5.10 Å². The first-order chi connectivity index (χ1) is 7.78. The maximum Gasteiger partial charge on any atom is 0.208 e. The summed E-state index contributed by atoms with van der Waals surface area (Å²) in [6.45, 7) is 2.06. The van der Waals surface area contributed by atoms with E-state index < -0.39 is 0 Å². The van der Waals surface area contributed by atoms with Gasteiger partial charge < -0.3 is 0 Å². The van der Waals surface area contributed by atoms with Crippen molar-refractivity contribution < 1.29 is 0 Å². The summed E-state index contributed by atoms with van der Waals surface area (Å²) in [6.07, 6.45) is 0.893. The summed E-state index contributed by atoms with van der Waals surface area (Å²) >= 11 is 5.10. The van der Waals surface area contributed by atoms with Crippen LogP contribution in [0.15, 0.2) is 33.9 Å². The van der Waals surface area contributed by atoms with Crippen molar-refractivity contribution in [3.8, 4) is 0 Å². The molecule has 0 amide bonds. The van der Waals surface area contributed by atoms with E-state index in [0.29, 0.717) is 0 Å². The molecule has 3 nitrogen and oxygen atoms in total. The standard InChI is InChI=1S/C11H12BrN3S/c1-2-10-13-11(15-14-10)16-7-8-4-3-5-9(12)6-8/h3-6H,2,7H2,1H3,(H,13,14,15). The quantitative estimate of drug-likeness (QED) is 0.879. The van der Waals surface area contributed by atoms with Crippen LogP contribution in [0.5, 0.6) is 0 Å². The lowest BCUT2D eigenvalue weighted by Gasteiger charge is -1.98. The number of nitrogens with one attached hydrogen (secondary N) is 1. The zero-order valence-corrected chi connectivity index (χ0v) is 11.3. The van der Waals surface area contributed by atoms with Crippen molar-refractivity contribution in [2.45, 2.75) is 24.3 Å². The minimum Gasteiger partial charge on any atom is -0.262 e. The summed E-state index contributed by atoms with van der Waals surface area (Å²) in [5, 5.41) is 7.87. The zero-order chi connectivity index (χ0) is 11.4. The molecule has 84 valence electrons.